The molecule has 1 unspecified atom stereocenters. The Hall–Kier alpha value is -2.61. The van der Waals surface area contributed by atoms with E-state index in [1.165, 1.54) is 0 Å². The first-order chi connectivity index (χ1) is 14.2. The van der Waals surface area contributed by atoms with Crippen LogP contribution in [0.4, 0.5) is 0 Å². The summed E-state index contributed by atoms with van der Waals surface area (Å²) in [6.07, 6.45) is 6.48. The molecule has 1 N–H and O–H groups in total. The number of hydrogen-bond donors (Lipinski definition) is 1. The predicted octanol–water partition coefficient (Wildman–Crippen LogP) is 1.17. The number of nitrogens with one attached hydrogen (secondary N) is 1. The summed E-state index contributed by atoms with van der Waals surface area (Å²) in [5.74, 6) is 1.07. The van der Waals surface area contributed by atoms with E-state index in [1.807, 2.05) is 33.7 Å². The van der Waals surface area contributed by atoms with E-state index in [0.717, 1.165) is 69.3 Å². The predicted molar refractivity (Wildman–Crippen MR) is 112 cm³/mol. The summed E-state index contributed by atoms with van der Waals surface area (Å²) in [6, 6.07) is 6.01. The number of hydrogen-bond acceptors (Lipinski definition) is 4. The monoisotopic (exact) mass is 398 g/mol. The van der Waals surface area contributed by atoms with Crippen LogP contribution in [0, 0.1) is 0 Å². The average molecular weight is 399 g/mol. The van der Waals surface area contributed by atoms with Crippen molar-refractivity contribution in [3.63, 3.8) is 0 Å². The summed E-state index contributed by atoms with van der Waals surface area (Å²) < 4.78 is 7.59. The number of fused-ring (bicyclic) bond motifs is 1. The van der Waals surface area contributed by atoms with E-state index in [9.17, 15) is 4.79 Å². The van der Waals surface area contributed by atoms with E-state index >= 15 is 0 Å². The Morgan fingerprint density at radius 3 is 2.83 bits per heavy atom. The van der Waals surface area contributed by atoms with Gasteiger partial charge >= 0.3 is 0 Å². The summed E-state index contributed by atoms with van der Waals surface area (Å²) in [6.45, 7) is 7.31. The molecule has 2 aromatic rings. The van der Waals surface area contributed by atoms with Gasteiger partial charge in [-0.15, -0.1) is 0 Å². The topological polar surface area (TPSA) is 74.5 Å². The van der Waals surface area contributed by atoms with E-state index in [2.05, 4.69) is 28.3 Å². The molecule has 2 aromatic heterocycles. The van der Waals surface area contributed by atoms with Crippen LogP contribution in [0.15, 0.2) is 35.6 Å². The second-order valence-electron chi connectivity index (χ2n) is 7.50. The SMILES string of the molecule is CCNC(=NCCc1cn2ccccc2n1)N1CCN(C(=O)C2CCCO2)CC1. The maximum absolute atomic E-state index is 12.5. The molecule has 0 aliphatic carbocycles. The lowest BCUT2D eigenvalue weighted by Crippen LogP contribution is -2.55. The smallest absolute Gasteiger partial charge is 0.251 e. The van der Waals surface area contributed by atoms with E-state index in [1.54, 1.807) is 0 Å². The Labute approximate surface area is 171 Å². The van der Waals surface area contributed by atoms with Gasteiger partial charge in [-0.25, -0.2) is 4.98 Å². The summed E-state index contributed by atoms with van der Waals surface area (Å²) in [7, 11) is 0. The number of ether oxygens (including phenoxy) is 1. The maximum atomic E-state index is 12.5. The molecule has 29 heavy (non-hydrogen) atoms. The minimum Gasteiger partial charge on any atom is -0.368 e. The fourth-order valence-corrected chi connectivity index (χ4v) is 3.92. The third-order valence-corrected chi connectivity index (χ3v) is 5.47. The Bertz CT molecular complexity index is 817. The van der Waals surface area contributed by atoms with Crippen molar-refractivity contribution in [2.75, 3.05) is 45.9 Å². The highest BCUT2D eigenvalue weighted by atomic mass is 16.5. The molecule has 4 heterocycles. The van der Waals surface area contributed by atoms with E-state index < -0.39 is 0 Å². The van der Waals surface area contributed by atoms with Gasteiger partial charge < -0.3 is 24.3 Å². The molecular weight excluding hydrogens is 368 g/mol. The molecule has 0 aromatic carbocycles. The number of aliphatic imine (C=N–C) groups is 1. The Morgan fingerprint density at radius 1 is 1.28 bits per heavy atom. The fraction of sp³-hybridized carbons (Fsp3) is 0.571. The van der Waals surface area contributed by atoms with Crippen LogP contribution in [-0.4, -0.2) is 83.0 Å². The summed E-state index contributed by atoms with van der Waals surface area (Å²) >= 11 is 0. The quantitative estimate of drug-likeness (QED) is 0.604. The van der Waals surface area contributed by atoms with Crippen LogP contribution in [0.5, 0.6) is 0 Å². The standard InChI is InChI=1S/C21H30N6O2/c1-2-22-21(23-9-8-17-16-27-10-4-3-7-19(27)24-17)26-13-11-25(12-14-26)20(28)18-6-5-15-29-18/h3-4,7,10,16,18H,2,5-6,8-9,11-15H2,1H3,(H,22,23). The number of aromatic nitrogens is 2. The summed E-state index contributed by atoms with van der Waals surface area (Å²) in [5.41, 5.74) is 2.01. The van der Waals surface area contributed by atoms with Crippen LogP contribution in [0.1, 0.15) is 25.5 Å². The summed E-state index contributed by atoms with van der Waals surface area (Å²) in [5, 5.41) is 3.39. The number of carbonyl (C=O) groups is 1. The van der Waals surface area contributed by atoms with Crippen molar-refractivity contribution in [1.29, 1.82) is 0 Å². The van der Waals surface area contributed by atoms with Gasteiger partial charge in [0.05, 0.1) is 5.69 Å². The van der Waals surface area contributed by atoms with Crippen LogP contribution in [-0.2, 0) is 16.0 Å². The highest BCUT2D eigenvalue weighted by molar-refractivity contribution is 5.82. The molecule has 0 saturated carbocycles. The van der Waals surface area contributed by atoms with Crippen LogP contribution < -0.4 is 5.32 Å². The van der Waals surface area contributed by atoms with E-state index in [-0.39, 0.29) is 12.0 Å². The Balaban J connectivity index is 1.31. The molecule has 0 radical (unpaired) electrons. The summed E-state index contributed by atoms with van der Waals surface area (Å²) in [4.78, 5) is 26.2. The van der Waals surface area contributed by atoms with Gasteiger partial charge in [0.2, 0.25) is 0 Å². The number of carbonyl (C=O) groups excluding carboxylic acids is 1. The molecule has 1 amide bonds. The normalized spacial score (nSPS) is 20.4. The van der Waals surface area contributed by atoms with Gasteiger partial charge in [0.25, 0.3) is 5.91 Å². The lowest BCUT2D eigenvalue weighted by Gasteiger charge is -2.37. The second kappa shape index (κ2) is 9.26. The van der Waals surface area contributed by atoms with Crippen molar-refractivity contribution < 1.29 is 9.53 Å². The molecule has 2 fully saturated rings. The highest BCUT2D eigenvalue weighted by Gasteiger charge is 2.30. The number of nitrogens with zero attached hydrogens (tertiary/aromatic N) is 5. The molecule has 2 saturated heterocycles. The first-order valence-corrected chi connectivity index (χ1v) is 10.6. The zero-order chi connectivity index (χ0) is 20.1. The van der Waals surface area contributed by atoms with Gasteiger partial charge in [-0.3, -0.25) is 9.79 Å². The van der Waals surface area contributed by atoms with Crippen molar-refractivity contribution in [2.24, 2.45) is 4.99 Å². The molecule has 8 nitrogen and oxygen atoms in total. The van der Waals surface area contributed by atoms with E-state index in [0.29, 0.717) is 13.2 Å². The Kier molecular flexibility index (Phi) is 6.29. The average Bonchev–Trinajstić information content (AvgIpc) is 3.42. The molecule has 156 valence electrons. The largest absolute Gasteiger partial charge is 0.368 e. The molecule has 0 spiro atoms. The lowest BCUT2D eigenvalue weighted by atomic mass is 10.2. The third-order valence-electron chi connectivity index (χ3n) is 5.47. The molecule has 8 heteroatoms. The third kappa shape index (κ3) is 4.70. The van der Waals surface area contributed by atoms with Gasteiger partial charge in [-0.1, -0.05) is 6.07 Å². The molecule has 2 aliphatic rings. The van der Waals surface area contributed by atoms with Crippen LogP contribution in [0.25, 0.3) is 5.65 Å². The number of rotatable bonds is 5. The molecule has 1 atom stereocenters. The first-order valence-electron chi connectivity index (χ1n) is 10.6. The minimum atomic E-state index is -0.228. The maximum Gasteiger partial charge on any atom is 0.251 e. The van der Waals surface area contributed by atoms with Gasteiger partial charge in [0, 0.05) is 64.7 Å². The van der Waals surface area contributed by atoms with Crippen molar-refractivity contribution >= 4 is 17.5 Å². The first kappa shape index (κ1) is 19.7. The molecule has 4 rings (SSSR count). The zero-order valence-corrected chi connectivity index (χ0v) is 17.1. The number of imidazole rings is 1. The Morgan fingerprint density at radius 2 is 2.10 bits per heavy atom. The number of pyridine rings is 1. The number of guanidine groups is 1. The van der Waals surface area contributed by atoms with Crippen molar-refractivity contribution in [2.45, 2.75) is 32.3 Å². The number of piperazine rings is 1. The second-order valence-corrected chi connectivity index (χ2v) is 7.50. The van der Waals surface area contributed by atoms with Crippen LogP contribution in [0.3, 0.4) is 0 Å². The molecule has 2 aliphatic heterocycles. The van der Waals surface area contributed by atoms with Gasteiger partial charge in [-0.2, -0.15) is 0 Å². The van der Waals surface area contributed by atoms with Crippen molar-refractivity contribution in [3.8, 4) is 0 Å². The minimum absolute atomic E-state index is 0.149. The molecule has 0 bridgehead atoms. The van der Waals surface area contributed by atoms with E-state index in [4.69, 9.17) is 9.73 Å². The highest BCUT2D eigenvalue weighted by Crippen LogP contribution is 2.16. The van der Waals surface area contributed by atoms with Crippen molar-refractivity contribution in [1.82, 2.24) is 24.5 Å². The van der Waals surface area contributed by atoms with Gasteiger partial charge in [0.1, 0.15) is 11.8 Å². The zero-order valence-electron chi connectivity index (χ0n) is 17.1. The van der Waals surface area contributed by atoms with Crippen molar-refractivity contribution in [3.05, 3.63) is 36.3 Å². The van der Waals surface area contributed by atoms with Gasteiger partial charge in [0.15, 0.2) is 5.96 Å². The molecular formula is C21H30N6O2. The van der Waals surface area contributed by atoms with Crippen LogP contribution in [0.2, 0.25) is 0 Å². The fourth-order valence-electron chi connectivity index (χ4n) is 3.92. The van der Waals surface area contributed by atoms with Gasteiger partial charge in [-0.05, 0) is 31.9 Å². The lowest BCUT2D eigenvalue weighted by molar-refractivity contribution is -0.142. The van der Waals surface area contributed by atoms with Crippen LogP contribution >= 0.6 is 0 Å². The number of amides is 1.